The lowest BCUT2D eigenvalue weighted by molar-refractivity contribution is -0.0203. The molecule has 2 heterocycles. The Hall–Kier alpha value is -0.980. The first-order chi connectivity index (χ1) is 9.45. The van der Waals surface area contributed by atoms with Crippen molar-refractivity contribution in [3.8, 4) is 0 Å². The Kier molecular flexibility index (Phi) is 4.78. The van der Waals surface area contributed by atoms with Crippen LogP contribution in [-0.4, -0.2) is 29.4 Å². The molecule has 0 aromatic carbocycles. The normalized spacial score (nSPS) is 25.1. The molecule has 6 heteroatoms. The van der Waals surface area contributed by atoms with E-state index in [9.17, 15) is 0 Å². The molecule has 0 saturated carbocycles. The summed E-state index contributed by atoms with van der Waals surface area (Å²) in [7, 11) is 0. The Bertz CT molecular complexity index is 428. The first-order valence-electron chi connectivity index (χ1n) is 7.26. The van der Waals surface area contributed by atoms with Crippen molar-refractivity contribution >= 4 is 0 Å². The van der Waals surface area contributed by atoms with Gasteiger partial charge >= 0.3 is 0 Å². The molecule has 20 heavy (non-hydrogen) atoms. The van der Waals surface area contributed by atoms with Gasteiger partial charge in [0.05, 0.1) is 6.10 Å². The van der Waals surface area contributed by atoms with E-state index in [1.807, 2.05) is 6.92 Å². The highest BCUT2D eigenvalue weighted by molar-refractivity contribution is 4.99. The van der Waals surface area contributed by atoms with E-state index >= 15 is 0 Å². The van der Waals surface area contributed by atoms with Gasteiger partial charge in [-0.3, -0.25) is 0 Å². The molecule has 0 radical (unpaired) electrons. The molecule has 0 aliphatic carbocycles. The zero-order valence-electron chi connectivity index (χ0n) is 12.8. The van der Waals surface area contributed by atoms with Crippen LogP contribution in [0.2, 0.25) is 0 Å². The molecule has 114 valence electrons. The van der Waals surface area contributed by atoms with Gasteiger partial charge in [0.1, 0.15) is 12.2 Å². The number of aromatic nitrogens is 2. The van der Waals surface area contributed by atoms with Gasteiger partial charge in [0.15, 0.2) is 0 Å². The van der Waals surface area contributed by atoms with Crippen LogP contribution in [0, 0.1) is 5.41 Å². The molecule has 1 saturated heterocycles. The summed E-state index contributed by atoms with van der Waals surface area (Å²) >= 11 is 0. The van der Waals surface area contributed by atoms with Crippen LogP contribution in [0.25, 0.3) is 0 Å². The van der Waals surface area contributed by atoms with Crippen LogP contribution in [0.4, 0.5) is 0 Å². The van der Waals surface area contributed by atoms with Gasteiger partial charge in [-0.15, -0.1) is 0 Å². The number of hydrogen-bond acceptors (Lipinski definition) is 6. The fourth-order valence-corrected chi connectivity index (χ4v) is 2.42. The Morgan fingerprint density at radius 1 is 1.40 bits per heavy atom. The van der Waals surface area contributed by atoms with E-state index in [0.717, 1.165) is 12.8 Å². The lowest BCUT2D eigenvalue weighted by atomic mass is 9.88. The third kappa shape index (κ3) is 3.37. The molecule has 2 N–H and O–H groups in total. The SMILES string of the molecule is CCOC(c1noc(C2CCC(CN)O2)n1)C(C)(C)C. The molecule has 6 nitrogen and oxygen atoms in total. The van der Waals surface area contributed by atoms with Crippen molar-refractivity contribution in [3.63, 3.8) is 0 Å². The van der Waals surface area contributed by atoms with E-state index in [4.69, 9.17) is 19.7 Å². The molecule has 1 aromatic rings. The fourth-order valence-electron chi connectivity index (χ4n) is 2.42. The number of nitrogens with two attached hydrogens (primary N) is 1. The van der Waals surface area contributed by atoms with E-state index in [-0.39, 0.29) is 23.7 Å². The first kappa shape index (κ1) is 15.4. The van der Waals surface area contributed by atoms with E-state index < -0.39 is 0 Å². The molecule has 3 atom stereocenters. The molecule has 0 amide bonds. The number of hydrogen-bond donors (Lipinski definition) is 1. The molecule has 3 unspecified atom stereocenters. The first-order valence-corrected chi connectivity index (χ1v) is 7.26. The van der Waals surface area contributed by atoms with Crippen molar-refractivity contribution in [1.29, 1.82) is 0 Å². The molecule has 1 aliphatic rings. The highest BCUT2D eigenvalue weighted by Crippen LogP contribution is 2.36. The lowest BCUT2D eigenvalue weighted by Gasteiger charge is -2.27. The Labute approximate surface area is 120 Å². The van der Waals surface area contributed by atoms with Crippen LogP contribution >= 0.6 is 0 Å². The van der Waals surface area contributed by atoms with E-state index in [0.29, 0.717) is 24.9 Å². The molecule has 2 rings (SSSR count). The Morgan fingerprint density at radius 3 is 2.70 bits per heavy atom. The molecule has 0 spiro atoms. The Morgan fingerprint density at radius 2 is 2.15 bits per heavy atom. The minimum Gasteiger partial charge on any atom is -0.370 e. The van der Waals surface area contributed by atoms with Crippen LogP contribution in [0.1, 0.15) is 64.5 Å². The van der Waals surface area contributed by atoms with Gasteiger partial charge in [0.2, 0.25) is 5.82 Å². The van der Waals surface area contributed by atoms with Crippen molar-refractivity contribution in [3.05, 3.63) is 11.7 Å². The highest BCUT2D eigenvalue weighted by Gasteiger charge is 2.34. The summed E-state index contributed by atoms with van der Waals surface area (Å²) in [5, 5.41) is 4.07. The van der Waals surface area contributed by atoms with Crippen LogP contribution in [0.3, 0.4) is 0 Å². The maximum atomic E-state index is 5.77. The largest absolute Gasteiger partial charge is 0.370 e. The molecular formula is C14H25N3O3. The summed E-state index contributed by atoms with van der Waals surface area (Å²) < 4.78 is 16.9. The summed E-state index contributed by atoms with van der Waals surface area (Å²) in [6.45, 7) is 9.40. The molecule has 1 aliphatic heterocycles. The minimum atomic E-state index is -0.184. The molecule has 1 fully saturated rings. The van der Waals surface area contributed by atoms with Gasteiger partial charge < -0.3 is 19.7 Å². The van der Waals surface area contributed by atoms with Crippen molar-refractivity contribution in [1.82, 2.24) is 10.1 Å². The zero-order valence-corrected chi connectivity index (χ0v) is 12.8. The average molecular weight is 283 g/mol. The third-order valence-electron chi connectivity index (χ3n) is 3.46. The van der Waals surface area contributed by atoms with Crippen molar-refractivity contribution < 1.29 is 14.0 Å². The lowest BCUT2D eigenvalue weighted by Crippen LogP contribution is -2.22. The topological polar surface area (TPSA) is 83.4 Å². The third-order valence-corrected chi connectivity index (χ3v) is 3.46. The quantitative estimate of drug-likeness (QED) is 0.893. The van der Waals surface area contributed by atoms with Gasteiger partial charge in [0, 0.05) is 13.2 Å². The van der Waals surface area contributed by atoms with Gasteiger partial charge in [-0.2, -0.15) is 4.98 Å². The fraction of sp³-hybridized carbons (Fsp3) is 0.857. The van der Waals surface area contributed by atoms with Crippen LogP contribution in [-0.2, 0) is 9.47 Å². The number of nitrogens with zero attached hydrogens (tertiary/aromatic N) is 2. The molecule has 1 aromatic heterocycles. The summed E-state index contributed by atoms with van der Waals surface area (Å²) in [6.07, 6.45) is 1.59. The second-order valence-corrected chi connectivity index (χ2v) is 6.25. The maximum Gasteiger partial charge on any atom is 0.255 e. The molecular weight excluding hydrogens is 258 g/mol. The minimum absolute atomic E-state index is 0.0898. The summed E-state index contributed by atoms with van der Waals surface area (Å²) in [6, 6.07) is 0. The van der Waals surface area contributed by atoms with Gasteiger partial charge in [-0.1, -0.05) is 25.9 Å². The van der Waals surface area contributed by atoms with E-state index in [1.165, 1.54) is 0 Å². The van der Waals surface area contributed by atoms with Crippen LogP contribution in [0.15, 0.2) is 4.52 Å². The van der Waals surface area contributed by atoms with E-state index in [2.05, 4.69) is 30.9 Å². The maximum absolute atomic E-state index is 5.77. The van der Waals surface area contributed by atoms with Gasteiger partial charge in [-0.05, 0) is 25.2 Å². The summed E-state index contributed by atoms with van der Waals surface area (Å²) in [5.41, 5.74) is 5.52. The predicted octanol–water partition coefficient (Wildman–Crippen LogP) is 2.37. The average Bonchev–Trinajstić information content (AvgIpc) is 3.02. The van der Waals surface area contributed by atoms with Crippen molar-refractivity contribution in [2.45, 2.75) is 58.8 Å². The monoisotopic (exact) mass is 283 g/mol. The van der Waals surface area contributed by atoms with Crippen molar-refractivity contribution in [2.75, 3.05) is 13.2 Å². The molecule has 0 bridgehead atoms. The van der Waals surface area contributed by atoms with E-state index in [1.54, 1.807) is 0 Å². The zero-order chi connectivity index (χ0) is 14.8. The summed E-state index contributed by atoms with van der Waals surface area (Å²) in [4.78, 5) is 4.48. The number of ether oxygens (including phenoxy) is 2. The Balaban J connectivity index is 2.11. The van der Waals surface area contributed by atoms with Gasteiger partial charge in [-0.25, -0.2) is 0 Å². The van der Waals surface area contributed by atoms with Crippen LogP contribution < -0.4 is 5.73 Å². The van der Waals surface area contributed by atoms with Gasteiger partial charge in [0.25, 0.3) is 5.89 Å². The smallest absolute Gasteiger partial charge is 0.255 e. The van der Waals surface area contributed by atoms with Crippen molar-refractivity contribution in [2.24, 2.45) is 11.1 Å². The second kappa shape index (κ2) is 6.20. The van der Waals surface area contributed by atoms with Crippen LogP contribution in [0.5, 0.6) is 0 Å². The standard InChI is InChI=1S/C14H25N3O3/c1-5-18-11(14(2,3)4)12-16-13(20-17-12)10-7-6-9(8-15)19-10/h9-11H,5-8,15H2,1-4H3. The summed E-state index contributed by atoms with van der Waals surface area (Å²) in [5.74, 6) is 1.12. The number of rotatable bonds is 5. The second-order valence-electron chi connectivity index (χ2n) is 6.25. The highest BCUT2D eigenvalue weighted by atomic mass is 16.5. The predicted molar refractivity (Wildman–Crippen MR) is 74.0 cm³/mol.